The van der Waals surface area contributed by atoms with Gasteiger partial charge >= 0.3 is 0 Å². The SMILES string of the molecule is COCCN1CCN(Cc2cn[nH]c2-c2ccccc2)CC1=O. The first-order valence-electron chi connectivity index (χ1n) is 7.84. The molecule has 23 heavy (non-hydrogen) atoms. The normalized spacial score (nSPS) is 16.0. The van der Waals surface area contributed by atoms with Crippen molar-refractivity contribution in [1.82, 2.24) is 20.0 Å². The Balaban J connectivity index is 1.63. The van der Waals surface area contributed by atoms with Crippen molar-refractivity contribution < 1.29 is 9.53 Å². The quantitative estimate of drug-likeness (QED) is 0.875. The molecule has 2 aromatic rings. The number of nitrogens with zero attached hydrogens (tertiary/aromatic N) is 3. The first kappa shape index (κ1) is 15.7. The number of ether oxygens (including phenoxy) is 1. The summed E-state index contributed by atoms with van der Waals surface area (Å²) in [6, 6.07) is 10.1. The standard InChI is InChI=1S/C17H22N4O2/c1-23-10-9-21-8-7-20(13-16(21)22)12-15-11-18-19-17(15)14-5-3-2-4-6-14/h2-6,11H,7-10,12-13H2,1H3,(H,18,19). The Bertz CT molecular complexity index is 641. The van der Waals surface area contributed by atoms with E-state index in [1.54, 1.807) is 7.11 Å². The van der Waals surface area contributed by atoms with E-state index in [9.17, 15) is 4.79 Å². The summed E-state index contributed by atoms with van der Waals surface area (Å²) in [6.45, 7) is 4.05. The molecule has 1 saturated heterocycles. The third-order valence-corrected chi connectivity index (χ3v) is 4.14. The van der Waals surface area contributed by atoms with Crippen LogP contribution in [-0.4, -0.2) is 65.8 Å². The van der Waals surface area contributed by atoms with Gasteiger partial charge in [0.2, 0.25) is 5.91 Å². The van der Waals surface area contributed by atoms with Crippen molar-refractivity contribution in [3.63, 3.8) is 0 Å². The number of nitrogens with one attached hydrogen (secondary N) is 1. The van der Waals surface area contributed by atoms with Crippen LogP contribution in [-0.2, 0) is 16.1 Å². The van der Waals surface area contributed by atoms with E-state index in [0.29, 0.717) is 19.7 Å². The lowest BCUT2D eigenvalue weighted by molar-refractivity contribution is -0.136. The summed E-state index contributed by atoms with van der Waals surface area (Å²) in [7, 11) is 1.66. The molecule has 1 N–H and O–H groups in total. The number of methoxy groups -OCH3 is 1. The highest BCUT2D eigenvalue weighted by atomic mass is 16.5. The van der Waals surface area contributed by atoms with Crippen LogP contribution in [0.2, 0.25) is 0 Å². The highest BCUT2D eigenvalue weighted by Crippen LogP contribution is 2.22. The first-order chi connectivity index (χ1) is 11.3. The Labute approximate surface area is 136 Å². The van der Waals surface area contributed by atoms with Gasteiger partial charge in [0, 0.05) is 38.9 Å². The maximum Gasteiger partial charge on any atom is 0.236 e. The fourth-order valence-corrected chi connectivity index (χ4v) is 2.86. The summed E-state index contributed by atoms with van der Waals surface area (Å²) in [5.74, 6) is 0.165. The zero-order valence-corrected chi connectivity index (χ0v) is 13.4. The maximum absolute atomic E-state index is 12.2. The van der Waals surface area contributed by atoms with Gasteiger partial charge in [0.15, 0.2) is 0 Å². The molecule has 0 unspecified atom stereocenters. The number of H-pyrrole nitrogens is 1. The van der Waals surface area contributed by atoms with Crippen molar-refractivity contribution >= 4 is 5.91 Å². The summed E-state index contributed by atoms with van der Waals surface area (Å²) < 4.78 is 5.05. The summed E-state index contributed by atoms with van der Waals surface area (Å²) >= 11 is 0. The van der Waals surface area contributed by atoms with Gasteiger partial charge in [-0.15, -0.1) is 0 Å². The average Bonchev–Trinajstić information content (AvgIpc) is 3.03. The van der Waals surface area contributed by atoms with E-state index in [0.717, 1.165) is 36.5 Å². The van der Waals surface area contributed by atoms with E-state index in [-0.39, 0.29) is 5.91 Å². The number of aromatic nitrogens is 2. The van der Waals surface area contributed by atoms with Gasteiger partial charge in [-0.1, -0.05) is 30.3 Å². The van der Waals surface area contributed by atoms with E-state index < -0.39 is 0 Å². The molecule has 122 valence electrons. The van der Waals surface area contributed by atoms with Crippen LogP contribution in [0.4, 0.5) is 0 Å². The van der Waals surface area contributed by atoms with Crippen LogP contribution in [0, 0.1) is 0 Å². The molecule has 0 atom stereocenters. The van der Waals surface area contributed by atoms with Crippen LogP contribution in [0.25, 0.3) is 11.3 Å². The predicted octanol–water partition coefficient (Wildman–Crippen LogP) is 1.37. The third kappa shape index (κ3) is 3.78. The van der Waals surface area contributed by atoms with E-state index >= 15 is 0 Å². The summed E-state index contributed by atoms with van der Waals surface area (Å²) in [6.07, 6.45) is 1.85. The molecule has 2 heterocycles. The van der Waals surface area contributed by atoms with Crippen LogP contribution in [0.3, 0.4) is 0 Å². The van der Waals surface area contributed by atoms with Gasteiger partial charge in [-0.05, 0) is 5.56 Å². The monoisotopic (exact) mass is 314 g/mol. The molecule has 0 spiro atoms. The molecule has 6 nitrogen and oxygen atoms in total. The predicted molar refractivity (Wildman–Crippen MR) is 87.8 cm³/mol. The summed E-state index contributed by atoms with van der Waals surface area (Å²) in [5.41, 5.74) is 3.26. The van der Waals surface area contributed by atoms with Gasteiger partial charge in [-0.3, -0.25) is 14.8 Å². The van der Waals surface area contributed by atoms with Gasteiger partial charge < -0.3 is 9.64 Å². The van der Waals surface area contributed by atoms with Crippen LogP contribution in [0.1, 0.15) is 5.56 Å². The molecular formula is C17H22N4O2. The Morgan fingerprint density at radius 2 is 2.09 bits per heavy atom. The number of carbonyl (C=O) groups is 1. The number of carbonyl (C=O) groups excluding carboxylic acids is 1. The lowest BCUT2D eigenvalue weighted by Crippen LogP contribution is -2.50. The van der Waals surface area contributed by atoms with Crippen molar-refractivity contribution in [1.29, 1.82) is 0 Å². The number of piperazine rings is 1. The molecule has 6 heteroatoms. The molecule has 3 rings (SSSR count). The van der Waals surface area contributed by atoms with Crippen LogP contribution in [0.15, 0.2) is 36.5 Å². The van der Waals surface area contributed by atoms with Crippen LogP contribution < -0.4 is 0 Å². The van der Waals surface area contributed by atoms with Crippen molar-refractivity contribution in [3.05, 3.63) is 42.1 Å². The largest absolute Gasteiger partial charge is 0.383 e. The molecule has 0 bridgehead atoms. The number of hydrogen-bond acceptors (Lipinski definition) is 4. The minimum absolute atomic E-state index is 0.165. The van der Waals surface area contributed by atoms with E-state index in [2.05, 4.69) is 27.2 Å². The second-order valence-corrected chi connectivity index (χ2v) is 5.72. The molecular weight excluding hydrogens is 292 g/mol. The van der Waals surface area contributed by atoms with Crippen LogP contribution in [0.5, 0.6) is 0 Å². The second-order valence-electron chi connectivity index (χ2n) is 5.72. The zero-order valence-electron chi connectivity index (χ0n) is 13.4. The molecule has 1 fully saturated rings. The zero-order chi connectivity index (χ0) is 16.1. The topological polar surface area (TPSA) is 61.5 Å². The van der Waals surface area contributed by atoms with Gasteiger partial charge in [-0.2, -0.15) is 5.10 Å². The van der Waals surface area contributed by atoms with Gasteiger partial charge in [0.05, 0.1) is 25.0 Å². The highest BCUT2D eigenvalue weighted by Gasteiger charge is 2.24. The Hall–Kier alpha value is -2.18. The van der Waals surface area contributed by atoms with E-state index in [1.807, 2.05) is 29.3 Å². The first-order valence-corrected chi connectivity index (χ1v) is 7.84. The van der Waals surface area contributed by atoms with E-state index in [4.69, 9.17) is 4.74 Å². The second kappa shape index (κ2) is 7.39. The molecule has 1 amide bonds. The molecule has 1 aromatic heterocycles. The number of hydrogen-bond donors (Lipinski definition) is 1. The third-order valence-electron chi connectivity index (χ3n) is 4.14. The molecule has 1 aromatic carbocycles. The van der Waals surface area contributed by atoms with Crippen molar-refractivity contribution in [2.75, 3.05) is 39.9 Å². The van der Waals surface area contributed by atoms with Gasteiger partial charge in [0.1, 0.15) is 0 Å². The maximum atomic E-state index is 12.2. The minimum atomic E-state index is 0.165. The van der Waals surface area contributed by atoms with Crippen molar-refractivity contribution in [2.45, 2.75) is 6.54 Å². The van der Waals surface area contributed by atoms with Gasteiger partial charge in [0.25, 0.3) is 0 Å². The van der Waals surface area contributed by atoms with Crippen LogP contribution >= 0.6 is 0 Å². The van der Waals surface area contributed by atoms with E-state index in [1.165, 1.54) is 0 Å². The lowest BCUT2D eigenvalue weighted by Gasteiger charge is -2.34. The molecule has 0 saturated carbocycles. The molecule has 1 aliphatic heterocycles. The number of benzene rings is 1. The lowest BCUT2D eigenvalue weighted by atomic mass is 10.1. The summed E-state index contributed by atoms with van der Waals surface area (Å²) in [5, 5.41) is 7.25. The fraction of sp³-hybridized carbons (Fsp3) is 0.412. The highest BCUT2D eigenvalue weighted by molar-refractivity contribution is 5.79. The number of amides is 1. The Morgan fingerprint density at radius 1 is 1.26 bits per heavy atom. The Kier molecular flexibility index (Phi) is 5.05. The number of rotatable bonds is 6. The average molecular weight is 314 g/mol. The molecule has 0 radical (unpaired) electrons. The molecule has 0 aliphatic carbocycles. The number of aromatic amines is 1. The van der Waals surface area contributed by atoms with Crippen molar-refractivity contribution in [2.24, 2.45) is 0 Å². The van der Waals surface area contributed by atoms with Crippen molar-refractivity contribution in [3.8, 4) is 11.3 Å². The fourth-order valence-electron chi connectivity index (χ4n) is 2.86. The summed E-state index contributed by atoms with van der Waals surface area (Å²) in [4.78, 5) is 16.2. The smallest absolute Gasteiger partial charge is 0.236 e. The molecule has 1 aliphatic rings. The Morgan fingerprint density at radius 3 is 2.83 bits per heavy atom. The minimum Gasteiger partial charge on any atom is -0.383 e. The van der Waals surface area contributed by atoms with Gasteiger partial charge in [-0.25, -0.2) is 0 Å².